The monoisotopic (exact) mass is 298 g/mol. The smallest absolute Gasteiger partial charge is 0.226 e. The lowest BCUT2D eigenvalue weighted by atomic mass is 10.1. The lowest BCUT2D eigenvalue weighted by Gasteiger charge is -2.22. The third-order valence-electron chi connectivity index (χ3n) is 3.35. The molecule has 1 saturated heterocycles. The maximum Gasteiger partial charge on any atom is 0.226 e. The van der Waals surface area contributed by atoms with Gasteiger partial charge in [0.05, 0.1) is 12.5 Å². The van der Waals surface area contributed by atoms with Crippen LogP contribution in [0.25, 0.3) is 0 Å². The van der Waals surface area contributed by atoms with Crippen LogP contribution in [0, 0.1) is 0 Å². The van der Waals surface area contributed by atoms with Crippen molar-refractivity contribution in [3.63, 3.8) is 0 Å². The Morgan fingerprint density at radius 1 is 1.35 bits per heavy atom. The molecule has 1 unspecified atom stereocenters. The number of anilines is 1. The predicted molar refractivity (Wildman–Crippen MR) is 83.3 cm³/mol. The van der Waals surface area contributed by atoms with E-state index >= 15 is 0 Å². The minimum atomic E-state index is 0. The molecule has 0 aromatic heterocycles. The van der Waals surface area contributed by atoms with Crippen LogP contribution in [0.4, 0.5) is 5.69 Å². The van der Waals surface area contributed by atoms with Crippen molar-refractivity contribution in [2.75, 3.05) is 19.0 Å². The highest BCUT2D eigenvalue weighted by Gasteiger charge is 2.18. The third-order valence-corrected chi connectivity index (χ3v) is 3.35. The van der Waals surface area contributed by atoms with Gasteiger partial charge < -0.3 is 15.4 Å². The number of hydrogen-bond donors (Lipinski definition) is 2. The Hall–Kier alpha value is -1.10. The first kappa shape index (κ1) is 17.0. The number of carbonyl (C=O) groups excluding carboxylic acids is 1. The predicted octanol–water partition coefficient (Wildman–Crippen LogP) is 2.73. The van der Waals surface area contributed by atoms with Gasteiger partial charge in [0.2, 0.25) is 5.91 Å². The zero-order valence-electron chi connectivity index (χ0n) is 11.9. The Morgan fingerprint density at radius 3 is 2.85 bits per heavy atom. The van der Waals surface area contributed by atoms with Crippen molar-refractivity contribution in [3.8, 4) is 0 Å². The van der Waals surface area contributed by atoms with Gasteiger partial charge in [0.25, 0.3) is 0 Å². The van der Waals surface area contributed by atoms with E-state index in [9.17, 15) is 4.79 Å². The van der Waals surface area contributed by atoms with Crippen LogP contribution in [0.5, 0.6) is 0 Å². The standard InChI is InChI=1S/C15H22N2O2.ClH/c1-16-11-12-6-2-3-8-14(12)17-15(18)10-13-7-4-5-9-19-13;/h2-3,6,8,13,16H,4-5,7,9-11H2,1H3,(H,17,18);1H. The van der Waals surface area contributed by atoms with Gasteiger partial charge in [0, 0.05) is 18.8 Å². The number of benzene rings is 1. The van der Waals surface area contributed by atoms with E-state index in [1.54, 1.807) is 0 Å². The van der Waals surface area contributed by atoms with E-state index in [2.05, 4.69) is 10.6 Å². The number of amides is 1. The first-order valence-corrected chi connectivity index (χ1v) is 6.93. The van der Waals surface area contributed by atoms with Crippen molar-refractivity contribution in [2.45, 2.75) is 38.3 Å². The number of nitrogens with one attached hydrogen (secondary N) is 2. The van der Waals surface area contributed by atoms with Crippen LogP contribution in [0.1, 0.15) is 31.2 Å². The zero-order valence-corrected chi connectivity index (χ0v) is 12.7. The van der Waals surface area contributed by atoms with Crippen molar-refractivity contribution in [3.05, 3.63) is 29.8 Å². The number of para-hydroxylation sites is 1. The Balaban J connectivity index is 0.00000200. The summed E-state index contributed by atoms with van der Waals surface area (Å²) < 4.78 is 5.59. The van der Waals surface area contributed by atoms with Crippen LogP contribution in [0.2, 0.25) is 0 Å². The summed E-state index contributed by atoms with van der Waals surface area (Å²) in [6.07, 6.45) is 3.81. The summed E-state index contributed by atoms with van der Waals surface area (Å²) in [5.41, 5.74) is 1.99. The summed E-state index contributed by atoms with van der Waals surface area (Å²) in [7, 11) is 1.90. The van der Waals surface area contributed by atoms with Gasteiger partial charge in [0.1, 0.15) is 0 Å². The second kappa shape index (κ2) is 8.95. The fourth-order valence-electron chi connectivity index (χ4n) is 2.36. The maximum atomic E-state index is 12.0. The van der Waals surface area contributed by atoms with Gasteiger partial charge in [-0.05, 0) is 37.9 Å². The normalized spacial score (nSPS) is 18.1. The van der Waals surface area contributed by atoms with Crippen LogP contribution >= 0.6 is 12.4 Å². The molecule has 5 heteroatoms. The summed E-state index contributed by atoms with van der Waals surface area (Å²) in [5.74, 6) is 0.0375. The van der Waals surface area contributed by atoms with Crippen molar-refractivity contribution in [1.82, 2.24) is 5.32 Å². The largest absolute Gasteiger partial charge is 0.378 e. The van der Waals surface area contributed by atoms with Gasteiger partial charge in [0.15, 0.2) is 0 Å². The van der Waals surface area contributed by atoms with E-state index in [1.165, 1.54) is 0 Å². The van der Waals surface area contributed by atoms with E-state index < -0.39 is 0 Å². The molecule has 4 nitrogen and oxygen atoms in total. The molecule has 1 aliphatic heterocycles. The summed E-state index contributed by atoms with van der Waals surface area (Å²) in [6, 6.07) is 7.87. The van der Waals surface area contributed by atoms with Crippen LogP contribution in [0.3, 0.4) is 0 Å². The topological polar surface area (TPSA) is 50.4 Å². The second-order valence-corrected chi connectivity index (χ2v) is 4.93. The summed E-state index contributed by atoms with van der Waals surface area (Å²) in [6.45, 7) is 1.53. The quantitative estimate of drug-likeness (QED) is 0.879. The van der Waals surface area contributed by atoms with E-state index in [4.69, 9.17) is 4.74 Å². The minimum Gasteiger partial charge on any atom is -0.378 e. The molecule has 2 rings (SSSR count). The molecule has 0 bridgehead atoms. The molecule has 1 amide bonds. The average Bonchev–Trinajstić information content (AvgIpc) is 2.42. The van der Waals surface area contributed by atoms with Crippen LogP contribution in [-0.2, 0) is 16.1 Å². The number of hydrogen-bond acceptors (Lipinski definition) is 3. The number of ether oxygens (including phenoxy) is 1. The highest BCUT2D eigenvalue weighted by Crippen LogP contribution is 2.18. The molecule has 1 heterocycles. The molecule has 1 atom stereocenters. The van der Waals surface area contributed by atoms with Gasteiger partial charge in [-0.3, -0.25) is 4.79 Å². The molecular formula is C15H23ClN2O2. The van der Waals surface area contributed by atoms with Gasteiger partial charge >= 0.3 is 0 Å². The van der Waals surface area contributed by atoms with Gasteiger partial charge in [-0.2, -0.15) is 0 Å². The first-order chi connectivity index (χ1) is 9.29. The van der Waals surface area contributed by atoms with Crippen LogP contribution in [0.15, 0.2) is 24.3 Å². The van der Waals surface area contributed by atoms with Gasteiger partial charge in [-0.25, -0.2) is 0 Å². The van der Waals surface area contributed by atoms with E-state index in [0.717, 1.165) is 43.7 Å². The number of halogens is 1. The molecule has 2 N–H and O–H groups in total. The first-order valence-electron chi connectivity index (χ1n) is 6.93. The molecule has 0 saturated carbocycles. The summed E-state index contributed by atoms with van der Waals surface area (Å²) in [5, 5.41) is 6.09. The van der Waals surface area contributed by atoms with Crippen molar-refractivity contribution >= 4 is 24.0 Å². The van der Waals surface area contributed by atoms with Gasteiger partial charge in [-0.1, -0.05) is 18.2 Å². The number of carbonyl (C=O) groups is 1. The molecule has 20 heavy (non-hydrogen) atoms. The highest BCUT2D eigenvalue weighted by atomic mass is 35.5. The van der Waals surface area contributed by atoms with Crippen molar-refractivity contribution < 1.29 is 9.53 Å². The Morgan fingerprint density at radius 2 is 2.15 bits per heavy atom. The zero-order chi connectivity index (χ0) is 13.5. The highest BCUT2D eigenvalue weighted by molar-refractivity contribution is 5.91. The van der Waals surface area contributed by atoms with E-state index in [0.29, 0.717) is 6.42 Å². The molecule has 0 radical (unpaired) electrons. The number of rotatable bonds is 5. The molecule has 0 aliphatic carbocycles. The lowest BCUT2D eigenvalue weighted by Crippen LogP contribution is -2.26. The fraction of sp³-hybridized carbons (Fsp3) is 0.533. The average molecular weight is 299 g/mol. The molecule has 1 aromatic carbocycles. The summed E-state index contributed by atoms with van der Waals surface area (Å²) in [4.78, 5) is 12.0. The SMILES string of the molecule is CNCc1ccccc1NC(=O)CC1CCCCO1.Cl. The van der Waals surface area contributed by atoms with E-state index in [-0.39, 0.29) is 24.4 Å². The molecule has 1 aromatic rings. The Kier molecular flexibility index (Phi) is 7.59. The Bertz CT molecular complexity index is 420. The van der Waals surface area contributed by atoms with Crippen molar-refractivity contribution in [2.24, 2.45) is 0 Å². The lowest BCUT2D eigenvalue weighted by molar-refractivity contribution is -0.119. The van der Waals surface area contributed by atoms with Crippen LogP contribution in [-0.4, -0.2) is 25.7 Å². The molecule has 0 spiro atoms. The fourth-order valence-corrected chi connectivity index (χ4v) is 2.36. The van der Waals surface area contributed by atoms with Gasteiger partial charge in [-0.15, -0.1) is 12.4 Å². The maximum absolute atomic E-state index is 12.0. The molecule has 112 valence electrons. The second-order valence-electron chi connectivity index (χ2n) is 4.93. The molecule has 1 fully saturated rings. The minimum absolute atomic E-state index is 0. The molecular weight excluding hydrogens is 276 g/mol. The van der Waals surface area contributed by atoms with E-state index in [1.807, 2.05) is 31.3 Å². The van der Waals surface area contributed by atoms with Crippen LogP contribution < -0.4 is 10.6 Å². The molecule has 1 aliphatic rings. The summed E-state index contributed by atoms with van der Waals surface area (Å²) >= 11 is 0. The Labute approximate surface area is 126 Å². The third kappa shape index (κ3) is 5.12. The van der Waals surface area contributed by atoms with Crippen molar-refractivity contribution in [1.29, 1.82) is 0 Å².